The number of hydrogen-bond donors (Lipinski definition) is 1. The summed E-state index contributed by atoms with van der Waals surface area (Å²) in [7, 11) is 0. The minimum absolute atomic E-state index is 0.156. The Morgan fingerprint density at radius 1 is 1.00 bits per heavy atom. The van der Waals surface area contributed by atoms with Gasteiger partial charge in [-0.1, -0.05) is 12.1 Å². The van der Waals surface area contributed by atoms with Crippen molar-refractivity contribution in [3.05, 3.63) is 78.6 Å². The first-order valence-electron chi connectivity index (χ1n) is 7.54. The summed E-state index contributed by atoms with van der Waals surface area (Å²) in [4.78, 5) is 12.4. The highest BCUT2D eigenvalue weighted by atomic mass is 16.5. The number of anilines is 1. The molecule has 23 heavy (non-hydrogen) atoms. The van der Waals surface area contributed by atoms with Gasteiger partial charge < -0.3 is 14.6 Å². The third-order valence-corrected chi connectivity index (χ3v) is 3.47. The molecule has 0 spiro atoms. The number of nitrogens with one attached hydrogen (secondary N) is 1. The lowest BCUT2D eigenvalue weighted by Crippen LogP contribution is -2.13. The Bertz CT molecular complexity index is 777. The van der Waals surface area contributed by atoms with Crippen LogP contribution in [0.2, 0.25) is 0 Å². The lowest BCUT2D eigenvalue weighted by molar-refractivity contribution is 0.102. The van der Waals surface area contributed by atoms with E-state index in [1.807, 2.05) is 84.5 Å². The minimum Gasteiger partial charge on any atom is -0.492 e. The maximum absolute atomic E-state index is 12.4. The van der Waals surface area contributed by atoms with E-state index >= 15 is 0 Å². The van der Waals surface area contributed by atoms with Crippen LogP contribution in [0.15, 0.2) is 73.1 Å². The van der Waals surface area contributed by atoms with E-state index < -0.39 is 0 Å². The zero-order valence-electron chi connectivity index (χ0n) is 12.9. The number of para-hydroxylation sites is 2. The van der Waals surface area contributed by atoms with Gasteiger partial charge in [0.1, 0.15) is 5.75 Å². The van der Waals surface area contributed by atoms with E-state index in [-0.39, 0.29) is 5.91 Å². The molecule has 4 heteroatoms. The molecular formula is C19H18N2O2. The summed E-state index contributed by atoms with van der Waals surface area (Å²) in [5.41, 5.74) is 2.29. The molecule has 0 bridgehead atoms. The Labute approximate surface area is 135 Å². The summed E-state index contributed by atoms with van der Waals surface area (Å²) < 4.78 is 7.52. The van der Waals surface area contributed by atoms with E-state index in [2.05, 4.69) is 5.32 Å². The van der Waals surface area contributed by atoms with Gasteiger partial charge in [-0.2, -0.15) is 0 Å². The third-order valence-electron chi connectivity index (χ3n) is 3.47. The average Bonchev–Trinajstić information content (AvgIpc) is 3.11. The molecule has 3 rings (SSSR count). The van der Waals surface area contributed by atoms with Gasteiger partial charge in [0.2, 0.25) is 0 Å². The molecule has 1 amide bonds. The molecule has 0 aliphatic heterocycles. The number of nitrogens with zero attached hydrogens (tertiary/aromatic N) is 1. The second-order valence-corrected chi connectivity index (χ2v) is 5.02. The molecule has 1 aromatic heterocycles. The van der Waals surface area contributed by atoms with Gasteiger partial charge in [-0.15, -0.1) is 0 Å². The van der Waals surface area contributed by atoms with Crippen molar-refractivity contribution < 1.29 is 9.53 Å². The van der Waals surface area contributed by atoms with Crippen LogP contribution in [0.1, 0.15) is 17.3 Å². The zero-order valence-corrected chi connectivity index (χ0v) is 12.9. The van der Waals surface area contributed by atoms with Crippen molar-refractivity contribution in [2.75, 3.05) is 11.9 Å². The van der Waals surface area contributed by atoms with Gasteiger partial charge in [0.05, 0.1) is 12.3 Å². The third kappa shape index (κ3) is 3.43. The van der Waals surface area contributed by atoms with Crippen LogP contribution in [0, 0.1) is 0 Å². The molecular weight excluding hydrogens is 288 g/mol. The first-order chi connectivity index (χ1) is 11.3. The normalized spacial score (nSPS) is 10.3. The molecule has 0 unspecified atom stereocenters. The summed E-state index contributed by atoms with van der Waals surface area (Å²) in [5.74, 6) is 0.517. The van der Waals surface area contributed by atoms with Crippen molar-refractivity contribution in [3.8, 4) is 11.4 Å². The predicted molar refractivity (Wildman–Crippen MR) is 91.3 cm³/mol. The number of carbonyl (C=O) groups excluding carboxylic acids is 1. The number of benzene rings is 2. The number of carbonyl (C=O) groups is 1. The molecule has 1 N–H and O–H groups in total. The van der Waals surface area contributed by atoms with E-state index in [1.54, 1.807) is 0 Å². The number of aromatic nitrogens is 1. The summed E-state index contributed by atoms with van der Waals surface area (Å²) in [5, 5.41) is 2.90. The Balaban J connectivity index is 1.76. The number of hydrogen-bond acceptors (Lipinski definition) is 2. The van der Waals surface area contributed by atoms with Crippen LogP contribution in [0.25, 0.3) is 5.69 Å². The van der Waals surface area contributed by atoms with E-state index in [9.17, 15) is 4.79 Å². The lowest BCUT2D eigenvalue weighted by atomic mass is 10.2. The summed E-state index contributed by atoms with van der Waals surface area (Å²) in [6.07, 6.45) is 3.93. The van der Waals surface area contributed by atoms with Crippen LogP contribution in [0.3, 0.4) is 0 Å². The largest absolute Gasteiger partial charge is 0.492 e. The van der Waals surface area contributed by atoms with Crippen LogP contribution in [0.4, 0.5) is 5.69 Å². The first kappa shape index (κ1) is 14.9. The van der Waals surface area contributed by atoms with Gasteiger partial charge in [-0.05, 0) is 55.5 Å². The Kier molecular flexibility index (Phi) is 4.43. The fourth-order valence-corrected chi connectivity index (χ4v) is 2.34. The summed E-state index contributed by atoms with van der Waals surface area (Å²) in [6, 6.07) is 18.8. The summed E-state index contributed by atoms with van der Waals surface area (Å²) in [6.45, 7) is 2.47. The van der Waals surface area contributed by atoms with E-state index in [4.69, 9.17) is 4.74 Å². The van der Waals surface area contributed by atoms with Crippen LogP contribution < -0.4 is 10.1 Å². The summed E-state index contributed by atoms with van der Waals surface area (Å²) >= 11 is 0. The first-order valence-corrected chi connectivity index (χ1v) is 7.54. The molecule has 0 fully saturated rings. The van der Waals surface area contributed by atoms with Crippen molar-refractivity contribution in [3.63, 3.8) is 0 Å². The Morgan fingerprint density at radius 3 is 2.39 bits per heavy atom. The standard InChI is InChI=1S/C19H18N2O2/c1-2-23-18-8-4-3-7-17(18)20-19(22)15-9-11-16(12-10-15)21-13-5-6-14-21/h3-14H,2H2,1H3,(H,20,22). The van der Waals surface area contributed by atoms with Gasteiger partial charge in [0.15, 0.2) is 0 Å². The fraction of sp³-hybridized carbons (Fsp3) is 0.105. The predicted octanol–water partition coefficient (Wildman–Crippen LogP) is 4.13. The van der Waals surface area contributed by atoms with Crippen molar-refractivity contribution >= 4 is 11.6 Å². The van der Waals surface area contributed by atoms with Crippen LogP contribution in [-0.2, 0) is 0 Å². The molecule has 116 valence electrons. The molecule has 0 atom stereocenters. The molecule has 0 radical (unpaired) electrons. The topological polar surface area (TPSA) is 43.3 Å². The van der Waals surface area contributed by atoms with Crippen LogP contribution >= 0.6 is 0 Å². The van der Waals surface area contributed by atoms with Crippen molar-refractivity contribution in [1.82, 2.24) is 4.57 Å². The van der Waals surface area contributed by atoms with Gasteiger partial charge >= 0.3 is 0 Å². The molecule has 3 aromatic rings. The molecule has 2 aromatic carbocycles. The molecule has 4 nitrogen and oxygen atoms in total. The van der Waals surface area contributed by atoms with Crippen LogP contribution in [-0.4, -0.2) is 17.1 Å². The highest BCUT2D eigenvalue weighted by molar-refractivity contribution is 6.05. The maximum atomic E-state index is 12.4. The van der Waals surface area contributed by atoms with Gasteiger partial charge in [0.25, 0.3) is 5.91 Å². The second-order valence-electron chi connectivity index (χ2n) is 5.02. The van der Waals surface area contributed by atoms with Crippen molar-refractivity contribution in [2.45, 2.75) is 6.92 Å². The van der Waals surface area contributed by atoms with E-state index in [0.29, 0.717) is 23.6 Å². The number of ether oxygens (including phenoxy) is 1. The van der Waals surface area contributed by atoms with Crippen molar-refractivity contribution in [2.24, 2.45) is 0 Å². The lowest BCUT2D eigenvalue weighted by Gasteiger charge is -2.11. The van der Waals surface area contributed by atoms with Gasteiger partial charge in [0, 0.05) is 23.6 Å². The van der Waals surface area contributed by atoms with Crippen LogP contribution in [0.5, 0.6) is 5.75 Å². The quantitative estimate of drug-likeness (QED) is 0.770. The molecule has 0 saturated carbocycles. The Hall–Kier alpha value is -3.01. The highest BCUT2D eigenvalue weighted by Crippen LogP contribution is 2.24. The van der Waals surface area contributed by atoms with Gasteiger partial charge in [-0.25, -0.2) is 0 Å². The molecule has 1 heterocycles. The molecule has 0 saturated heterocycles. The second kappa shape index (κ2) is 6.83. The van der Waals surface area contributed by atoms with E-state index in [0.717, 1.165) is 5.69 Å². The minimum atomic E-state index is -0.156. The monoisotopic (exact) mass is 306 g/mol. The maximum Gasteiger partial charge on any atom is 0.255 e. The Morgan fingerprint density at radius 2 is 1.70 bits per heavy atom. The van der Waals surface area contributed by atoms with E-state index in [1.165, 1.54) is 0 Å². The smallest absolute Gasteiger partial charge is 0.255 e. The highest BCUT2D eigenvalue weighted by Gasteiger charge is 2.09. The average molecular weight is 306 g/mol. The molecule has 0 aliphatic rings. The number of rotatable bonds is 5. The number of amides is 1. The van der Waals surface area contributed by atoms with Crippen molar-refractivity contribution in [1.29, 1.82) is 0 Å². The fourth-order valence-electron chi connectivity index (χ4n) is 2.34. The SMILES string of the molecule is CCOc1ccccc1NC(=O)c1ccc(-n2cccc2)cc1. The van der Waals surface area contributed by atoms with Gasteiger partial charge in [-0.3, -0.25) is 4.79 Å². The zero-order chi connectivity index (χ0) is 16.1. The molecule has 0 aliphatic carbocycles.